The van der Waals surface area contributed by atoms with Crippen molar-refractivity contribution in [3.63, 3.8) is 0 Å². The van der Waals surface area contributed by atoms with E-state index in [1.54, 1.807) is 6.20 Å². The molecule has 0 unspecified atom stereocenters. The van der Waals surface area contributed by atoms with Gasteiger partial charge < -0.3 is 15.0 Å². The van der Waals surface area contributed by atoms with Crippen LogP contribution in [0.1, 0.15) is 23.5 Å². The van der Waals surface area contributed by atoms with Gasteiger partial charge in [0.1, 0.15) is 5.82 Å². The number of hydrogen-bond acceptors (Lipinski definition) is 4. The van der Waals surface area contributed by atoms with Gasteiger partial charge in [0.2, 0.25) is 5.60 Å². The molecule has 1 atom stereocenters. The third-order valence-corrected chi connectivity index (χ3v) is 3.57. The van der Waals surface area contributed by atoms with E-state index in [1.807, 2.05) is 6.92 Å². The first kappa shape index (κ1) is 16.5. The number of aliphatic hydroxyl groups is 1. The first-order chi connectivity index (χ1) is 10.3. The number of nitrogens with one attached hydrogen (secondary N) is 2. The summed E-state index contributed by atoms with van der Waals surface area (Å²) in [5.41, 5.74) is -1.26. The molecule has 0 aliphatic rings. The molecule has 2 aromatic rings. The van der Waals surface area contributed by atoms with Crippen molar-refractivity contribution in [2.75, 3.05) is 6.54 Å². The number of H-pyrrole nitrogens is 1. The SMILES string of the molecule is Cc1[nH]ncc1CNCC[C@](O)(c1nccn1C)C(F)(F)F. The molecule has 2 heterocycles. The quantitative estimate of drug-likeness (QED) is 0.703. The van der Waals surface area contributed by atoms with Crippen LogP contribution < -0.4 is 5.32 Å². The summed E-state index contributed by atoms with van der Waals surface area (Å²) in [5.74, 6) is -0.415. The lowest BCUT2D eigenvalue weighted by Crippen LogP contribution is -2.46. The van der Waals surface area contributed by atoms with Crippen molar-refractivity contribution in [1.29, 1.82) is 0 Å². The van der Waals surface area contributed by atoms with Gasteiger partial charge in [0.05, 0.1) is 6.20 Å². The van der Waals surface area contributed by atoms with Crippen LogP contribution in [0.3, 0.4) is 0 Å². The number of nitrogens with zero attached hydrogens (tertiary/aromatic N) is 3. The molecule has 0 aromatic carbocycles. The summed E-state index contributed by atoms with van der Waals surface area (Å²) in [7, 11) is 1.42. The fourth-order valence-electron chi connectivity index (χ4n) is 2.19. The largest absolute Gasteiger partial charge is 0.424 e. The van der Waals surface area contributed by atoms with Gasteiger partial charge in [-0.05, 0) is 13.5 Å². The zero-order valence-electron chi connectivity index (χ0n) is 12.3. The summed E-state index contributed by atoms with van der Waals surface area (Å²) in [5, 5.41) is 19.6. The number of aromatic amines is 1. The fraction of sp³-hybridized carbons (Fsp3) is 0.538. The second kappa shape index (κ2) is 6.09. The molecule has 0 saturated heterocycles. The Morgan fingerprint density at radius 1 is 1.41 bits per heavy atom. The van der Waals surface area contributed by atoms with Crippen LogP contribution in [0.5, 0.6) is 0 Å². The Labute approximate surface area is 125 Å². The Kier molecular flexibility index (Phi) is 4.57. The number of imidazole rings is 1. The highest BCUT2D eigenvalue weighted by Crippen LogP contribution is 2.40. The molecule has 22 heavy (non-hydrogen) atoms. The summed E-state index contributed by atoms with van der Waals surface area (Å²) in [6.45, 7) is 2.17. The molecule has 0 fully saturated rings. The van der Waals surface area contributed by atoms with Crippen molar-refractivity contribution in [3.8, 4) is 0 Å². The van der Waals surface area contributed by atoms with E-state index in [9.17, 15) is 18.3 Å². The molecule has 0 aliphatic carbocycles. The van der Waals surface area contributed by atoms with E-state index in [4.69, 9.17) is 0 Å². The summed E-state index contributed by atoms with van der Waals surface area (Å²) in [4.78, 5) is 3.65. The Morgan fingerprint density at radius 3 is 2.64 bits per heavy atom. The van der Waals surface area contributed by atoms with Gasteiger partial charge in [0.25, 0.3) is 0 Å². The zero-order valence-corrected chi connectivity index (χ0v) is 12.3. The predicted octanol–water partition coefficient (Wildman–Crippen LogP) is 1.38. The third kappa shape index (κ3) is 3.14. The highest BCUT2D eigenvalue weighted by atomic mass is 19.4. The minimum absolute atomic E-state index is 0.0203. The fourth-order valence-corrected chi connectivity index (χ4v) is 2.19. The van der Waals surface area contributed by atoms with Gasteiger partial charge in [0.15, 0.2) is 0 Å². The Hall–Kier alpha value is -1.87. The normalized spacial score (nSPS) is 15.0. The molecule has 0 radical (unpaired) electrons. The molecular weight excluding hydrogens is 299 g/mol. The second-order valence-corrected chi connectivity index (χ2v) is 5.17. The smallest absolute Gasteiger partial charge is 0.374 e. The van der Waals surface area contributed by atoms with Gasteiger partial charge in [-0.1, -0.05) is 0 Å². The average molecular weight is 317 g/mol. The van der Waals surface area contributed by atoms with Crippen LogP contribution in [0.15, 0.2) is 18.6 Å². The first-order valence-electron chi connectivity index (χ1n) is 6.72. The molecule has 6 nitrogen and oxygen atoms in total. The Morgan fingerprint density at radius 2 is 2.14 bits per heavy atom. The van der Waals surface area contributed by atoms with E-state index in [1.165, 1.54) is 24.0 Å². The molecular formula is C13H18F3N5O. The topological polar surface area (TPSA) is 78.8 Å². The lowest BCUT2D eigenvalue weighted by molar-refractivity contribution is -0.272. The lowest BCUT2D eigenvalue weighted by Gasteiger charge is -2.30. The van der Waals surface area contributed by atoms with Crippen molar-refractivity contribution >= 4 is 0 Å². The van der Waals surface area contributed by atoms with E-state index < -0.39 is 24.0 Å². The molecule has 3 N–H and O–H groups in total. The highest BCUT2D eigenvalue weighted by Gasteiger charge is 2.56. The van der Waals surface area contributed by atoms with Crippen LogP contribution in [-0.2, 0) is 19.2 Å². The lowest BCUT2D eigenvalue weighted by atomic mass is 9.97. The summed E-state index contributed by atoms with van der Waals surface area (Å²) in [6.07, 6.45) is -1.13. The van der Waals surface area contributed by atoms with Crippen molar-refractivity contribution in [3.05, 3.63) is 35.7 Å². The van der Waals surface area contributed by atoms with Crippen molar-refractivity contribution in [2.24, 2.45) is 7.05 Å². The summed E-state index contributed by atoms with van der Waals surface area (Å²) in [6, 6.07) is 0. The number of aromatic nitrogens is 4. The van der Waals surface area contributed by atoms with Gasteiger partial charge >= 0.3 is 6.18 Å². The van der Waals surface area contributed by atoms with Crippen LogP contribution in [0.2, 0.25) is 0 Å². The van der Waals surface area contributed by atoms with Gasteiger partial charge in [-0.15, -0.1) is 0 Å². The van der Waals surface area contributed by atoms with Crippen LogP contribution >= 0.6 is 0 Å². The molecule has 122 valence electrons. The van der Waals surface area contributed by atoms with E-state index >= 15 is 0 Å². The van der Waals surface area contributed by atoms with E-state index in [2.05, 4.69) is 20.5 Å². The first-order valence-corrected chi connectivity index (χ1v) is 6.72. The van der Waals surface area contributed by atoms with Gasteiger partial charge in [0, 0.05) is 43.7 Å². The highest BCUT2D eigenvalue weighted by molar-refractivity contribution is 5.14. The number of halogens is 3. The number of aryl methyl sites for hydroxylation is 2. The maximum atomic E-state index is 13.3. The van der Waals surface area contributed by atoms with Crippen LogP contribution in [-0.4, -0.2) is 37.6 Å². The number of alkyl halides is 3. The Balaban J connectivity index is 2.03. The van der Waals surface area contributed by atoms with Crippen LogP contribution in [0, 0.1) is 6.92 Å². The number of rotatable bonds is 6. The second-order valence-electron chi connectivity index (χ2n) is 5.17. The average Bonchev–Trinajstić information content (AvgIpc) is 3.02. The maximum Gasteiger partial charge on any atom is 0.424 e. The molecule has 2 rings (SSSR count). The molecule has 0 amide bonds. The van der Waals surface area contributed by atoms with Gasteiger partial charge in [-0.2, -0.15) is 18.3 Å². The standard InChI is InChI=1S/C13H18F3N5O/c1-9-10(8-19-20-9)7-17-4-3-12(22,13(14,15)16)11-18-5-6-21(11)2/h5-6,8,17,22H,3-4,7H2,1-2H3,(H,19,20)/t12-/m0/s1. The van der Waals surface area contributed by atoms with Gasteiger partial charge in [-0.25, -0.2) is 4.98 Å². The van der Waals surface area contributed by atoms with Crippen LogP contribution in [0.25, 0.3) is 0 Å². The minimum Gasteiger partial charge on any atom is -0.374 e. The molecule has 0 saturated carbocycles. The molecule has 0 bridgehead atoms. The van der Waals surface area contributed by atoms with Crippen LogP contribution in [0.4, 0.5) is 13.2 Å². The predicted molar refractivity (Wildman–Crippen MR) is 72.8 cm³/mol. The molecule has 9 heteroatoms. The van der Waals surface area contributed by atoms with Gasteiger partial charge in [-0.3, -0.25) is 5.10 Å². The summed E-state index contributed by atoms with van der Waals surface area (Å²) < 4.78 is 41.0. The Bertz CT molecular complexity index is 621. The van der Waals surface area contributed by atoms with E-state index in [0.717, 1.165) is 11.3 Å². The van der Waals surface area contributed by atoms with E-state index in [-0.39, 0.29) is 6.54 Å². The van der Waals surface area contributed by atoms with E-state index in [0.29, 0.717) is 6.54 Å². The monoisotopic (exact) mass is 317 g/mol. The molecule has 2 aromatic heterocycles. The third-order valence-electron chi connectivity index (χ3n) is 3.57. The van der Waals surface area contributed by atoms with Crippen molar-refractivity contribution in [2.45, 2.75) is 31.7 Å². The summed E-state index contributed by atoms with van der Waals surface area (Å²) >= 11 is 0. The maximum absolute atomic E-state index is 13.3. The van der Waals surface area contributed by atoms with Crippen molar-refractivity contribution in [1.82, 2.24) is 25.1 Å². The molecule has 0 aliphatic heterocycles. The molecule has 0 spiro atoms. The zero-order chi connectivity index (χ0) is 16.4. The number of hydrogen-bond donors (Lipinski definition) is 3. The minimum atomic E-state index is -4.81. The van der Waals surface area contributed by atoms with Crippen molar-refractivity contribution < 1.29 is 18.3 Å².